The number of hydrogen-bond acceptors (Lipinski definition) is 7. The van der Waals surface area contributed by atoms with E-state index in [0.29, 0.717) is 22.3 Å². The molecule has 0 fully saturated rings. The van der Waals surface area contributed by atoms with Crippen LogP contribution in [0.2, 0.25) is 0 Å². The summed E-state index contributed by atoms with van der Waals surface area (Å²) in [7, 11) is 0. The molecule has 2 aliphatic heterocycles. The normalized spacial score (nSPS) is 16.5. The lowest BCUT2D eigenvalue weighted by Gasteiger charge is -2.25. The fourth-order valence-corrected chi connectivity index (χ4v) is 4.21. The van der Waals surface area contributed by atoms with Gasteiger partial charge in [0.05, 0.1) is 24.5 Å². The lowest BCUT2D eigenvalue weighted by atomic mass is 10.1. The van der Waals surface area contributed by atoms with Crippen molar-refractivity contribution in [1.29, 1.82) is 0 Å². The van der Waals surface area contributed by atoms with E-state index in [1.54, 1.807) is 25.1 Å². The molecule has 0 aliphatic carbocycles. The van der Waals surface area contributed by atoms with E-state index in [0.717, 1.165) is 17.3 Å². The van der Waals surface area contributed by atoms with Gasteiger partial charge in [0, 0.05) is 12.1 Å². The molecule has 2 aromatic carbocycles. The summed E-state index contributed by atoms with van der Waals surface area (Å²) in [4.78, 5) is 47.9. The third-order valence-corrected chi connectivity index (χ3v) is 5.87. The van der Waals surface area contributed by atoms with Gasteiger partial charge in [0.25, 0.3) is 5.91 Å². The molecular weight excluding hydrogens is 447 g/mol. The molecule has 0 saturated heterocycles. The maximum absolute atomic E-state index is 13.2. The van der Waals surface area contributed by atoms with Crippen molar-refractivity contribution in [2.75, 3.05) is 12.4 Å². The largest absolute Gasteiger partial charge is 0.465 e. The first-order chi connectivity index (χ1) is 16.0. The van der Waals surface area contributed by atoms with Crippen LogP contribution in [0.3, 0.4) is 0 Å². The third-order valence-electron chi connectivity index (χ3n) is 4.95. The predicted octanol–water partition coefficient (Wildman–Crippen LogP) is 2.79. The lowest BCUT2D eigenvalue weighted by Crippen LogP contribution is -2.42. The number of benzene rings is 2. The van der Waals surface area contributed by atoms with Crippen molar-refractivity contribution in [2.45, 2.75) is 25.9 Å². The predicted molar refractivity (Wildman–Crippen MR) is 123 cm³/mol. The van der Waals surface area contributed by atoms with Crippen molar-refractivity contribution in [3.05, 3.63) is 65.5 Å². The van der Waals surface area contributed by atoms with Crippen LogP contribution < -0.4 is 5.32 Å². The van der Waals surface area contributed by atoms with Gasteiger partial charge < -0.3 is 10.1 Å². The molecule has 0 radical (unpaired) electrons. The number of amides is 2. The molecule has 8 nitrogen and oxygen atoms in total. The van der Waals surface area contributed by atoms with Gasteiger partial charge in [-0.1, -0.05) is 36.0 Å². The van der Waals surface area contributed by atoms with Crippen molar-refractivity contribution in [3.8, 4) is 0 Å². The number of esters is 1. The standard InChI is InChI=1S/C23H21FN4O4S/c1-2-32-20(30)13-33-23-27-17-6-4-3-5-16(17)21-26-18(22(31)28(21)23)11-19(29)25-12-14-7-9-15(24)10-8-14/h3-10,18H,2,11-13H2,1H3,(H,25,29)/t18-/m0/s1. The van der Waals surface area contributed by atoms with Crippen molar-refractivity contribution in [3.63, 3.8) is 0 Å². The smallest absolute Gasteiger partial charge is 0.316 e. The summed E-state index contributed by atoms with van der Waals surface area (Å²) < 4.78 is 18.0. The number of carbonyl (C=O) groups is 3. The quantitative estimate of drug-likeness (QED) is 0.630. The molecule has 33 heavy (non-hydrogen) atoms. The number of fused-ring (bicyclic) bond motifs is 3. The highest BCUT2D eigenvalue weighted by Gasteiger charge is 2.42. The molecule has 2 aliphatic rings. The van der Waals surface area contributed by atoms with Crippen molar-refractivity contribution in [2.24, 2.45) is 9.98 Å². The van der Waals surface area contributed by atoms with Crippen molar-refractivity contribution >= 4 is 46.2 Å². The molecule has 2 amide bonds. The molecule has 0 unspecified atom stereocenters. The molecule has 2 aromatic rings. The zero-order valence-corrected chi connectivity index (χ0v) is 18.6. The average molecular weight is 469 g/mol. The molecule has 170 valence electrons. The van der Waals surface area contributed by atoms with E-state index in [2.05, 4.69) is 15.3 Å². The van der Waals surface area contributed by atoms with Gasteiger partial charge in [-0.05, 0) is 36.8 Å². The third kappa shape index (κ3) is 5.11. The van der Waals surface area contributed by atoms with E-state index in [1.807, 2.05) is 18.2 Å². The van der Waals surface area contributed by atoms with Crippen LogP contribution in [-0.4, -0.2) is 52.1 Å². The Hall–Kier alpha value is -3.53. The number of hydrogen-bond donors (Lipinski definition) is 1. The molecular formula is C23H21FN4O4S. The van der Waals surface area contributed by atoms with E-state index < -0.39 is 12.0 Å². The topological polar surface area (TPSA) is 100 Å². The highest BCUT2D eigenvalue weighted by molar-refractivity contribution is 8.14. The first-order valence-electron chi connectivity index (χ1n) is 10.4. The van der Waals surface area contributed by atoms with E-state index in [1.165, 1.54) is 17.0 Å². The Kier molecular flexibility index (Phi) is 6.83. The maximum atomic E-state index is 13.2. The van der Waals surface area contributed by atoms with Gasteiger partial charge in [0.1, 0.15) is 17.7 Å². The number of thioether (sulfide) groups is 1. The molecule has 1 N–H and O–H groups in total. The minimum atomic E-state index is -0.909. The second-order valence-corrected chi connectivity index (χ2v) is 8.20. The number of rotatable bonds is 7. The number of nitrogens with one attached hydrogen (secondary N) is 1. The van der Waals surface area contributed by atoms with E-state index >= 15 is 0 Å². The second kappa shape index (κ2) is 9.95. The van der Waals surface area contributed by atoms with Crippen molar-refractivity contribution in [1.82, 2.24) is 10.2 Å². The van der Waals surface area contributed by atoms with Crippen LogP contribution in [0.15, 0.2) is 58.5 Å². The Balaban J connectivity index is 1.48. The summed E-state index contributed by atoms with van der Waals surface area (Å²) >= 11 is 1.09. The fraction of sp³-hybridized carbons (Fsp3) is 0.261. The van der Waals surface area contributed by atoms with Crippen LogP contribution in [0, 0.1) is 5.82 Å². The Morgan fingerprint density at radius 2 is 1.94 bits per heavy atom. The van der Waals surface area contributed by atoms with Gasteiger partial charge in [-0.25, -0.2) is 14.3 Å². The minimum Gasteiger partial charge on any atom is -0.465 e. The zero-order valence-electron chi connectivity index (χ0n) is 17.8. The Bertz CT molecular complexity index is 1150. The minimum absolute atomic E-state index is 0.00524. The van der Waals surface area contributed by atoms with Gasteiger partial charge in [0.15, 0.2) is 5.17 Å². The molecule has 0 aromatic heterocycles. The van der Waals surface area contributed by atoms with Crippen LogP contribution >= 0.6 is 11.8 Å². The van der Waals surface area contributed by atoms with E-state index in [-0.39, 0.29) is 43.0 Å². The molecule has 0 spiro atoms. The van der Waals surface area contributed by atoms with Crippen molar-refractivity contribution < 1.29 is 23.5 Å². The summed E-state index contributed by atoms with van der Waals surface area (Å²) in [5.74, 6) is -1.10. The summed E-state index contributed by atoms with van der Waals surface area (Å²) in [5, 5.41) is 3.05. The van der Waals surface area contributed by atoms with Crippen LogP contribution in [0.4, 0.5) is 10.1 Å². The SMILES string of the molecule is CCOC(=O)CSC1=Nc2ccccc2C2=N[C@@H](CC(=O)NCc3ccc(F)cc3)C(=O)N12. The Morgan fingerprint density at radius 3 is 2.70 bits per heavy atom. The summed E-state index contributed by atoms with van der Waals surface area (Å²) in [6.45, 7) is 2.20. The average Bonchev–Trinajstić information content (AvgIpc) is 3.13. The monoisotopic (exact) mass is 468 g/mol. The number of para-hydroxylation sites is 1. The fourth-order valence-electron chi connectivity index (χ4n) is 3.41. The summed E-state index contributed by atoms with van der Waals surface area (Å²) in [6, 6.07) is 12.1. The number of carbonyl (C=O) groups excluding carboxylic acids is 3. The van der Waals surface area contributed by atoms with Gasteiger partial charge in [-0.2, -0.15) is 0 Å². The Morgan fingerprint density at radius 1 is 1.18 bits per heavy atom. The van der Waals surface area contributed by atoms with Gasteiger partial charge in [-0.3, -0.25) is 19.4 Å². The molecule has 0 saturated carbocycles. The highest BCUT2D eigenvalue weighted by Crippen LogP contribution is 2.34. The number of nitrogens with zero attached hydrogens (tertiary/aromatic N) is 3. The zero-order chi connectivity index (χ0) is 23.4. The molecule has 2 heterocycles. The maximum Gasteiger partial charge on any atom is 0.316 e. The highest BCUT2D eigenvalue weighted by atomic mass is 32.2. The summed E-state index contributed by atoms with van der Waals surface area (Å²) in [5.41, 5.74) is 2.05. The molecule has 1 atom stereocenters. The molecule has 10 heteroatoms. The lowest BCUT2D eigenvalue weighted by molar-refractivity contribution is -0.139. The van der Waals surface area contributed by atoms with Crippen LogP contribution in [0.25, 0.3) is 0 Å². The molecule has 0 bridgehead atoms. The van der Waals surface area contributed by atoms with Crippen LogP contribution in [0.1, 0.15) is 24.5 Å². The molecule has 4 rings (SSSR count). The van der Waals surface area contributed by atoms with E-state index in [9.17, 15) is 18.8 Å². The number of ether oxygens (including phenoxy) is 1. The first-order valence-corrected chi connectivity index (χ1v) is 11.3. The number of aliphatic imine (C=N–C) groups is 2. The number of amidine groups is 2. The van der Waals surface area contributed by atoms with Gasteiger partial charge >= 0.3 is 5.97 Å². The summed E-state index contributed by atoms with van der Waals surface area (Å²) in [6.07, 6.45) is -0.141. The number of halogens is 1. The Labute approximate surface area is 193 Å². The van der Waals surface area contributed by atoms with E-state index in [4.69, 9.17) is 4.74 Å². The van der Waals surface area contributed by atoms with Crippen LogP contribution in [0.5, 0.6) is 0 Å². The van der Waals surface area contributed by atoms with Gasteiger partial charge in [-0.15, -0.1) is 0 Å². The van der Waals surface area contributed by atoms with Gasteiger partial charge in [0.2, 0.25) is 5.91 Å². The van der Waals surface area contributed by atoms with Crippen LogP contribution in [-0.2, 0) is 25.7 Å². The first kappa shape index (κ1) is 22.7. The second-order valence-electron chi connectivity index (χ2n) is 7.25.